The maximum Gasteiger partial charge on any atom is 2.00 e. The summed E-state index contributed by atoms with van der Waals surface area (Å²) in [5.41, 5.74) is 5.27. The number of para-hydroxylation sites is 4. The molecule has 42 heteroatoms. The number of aldehydes is 1. The van der Waals surface area contributed by atoms with Crippen molar-refractivity contribution in [2.75, 3.05) is 39.4 Å². The Labute approximate surface area is 816 Å². The van der Waals surface area contributed by atoms with E-state index in [1.807, 2.05) is 134 Å². The number of carbonyl (C=O) groups excluding carboxylic acids is 8. The van der Waals surface area contributed by atoms with Crippen LogP contribution in [0.1, 0.15) is 216 Å². The quantitative estimate of drug-likeness (QED) is 0.00830. The molecule has 37 nitrogen and oxygen atoms in total. The first-order chi connectivity index (χ1) is 58.7. The van der Waals surface area contributed by atoms with Crippen LogP contribution < -0.4 is 87.3 Å². The molecular formula is C85H110BrClMgN20Na2O17. The standard InChI is InChI=1S/C23H29N5O3.C21H23N5O4.C16H19N5O2.C16H18N4O2.C5H6O2.C2H5.CH2O3.CH4.BrH.ClH.Mg.H3NO.2Na.H/c1-4-23(30,5-2)21-14-19(26-31-21)17-11-10-16(3)27(15-17)22(29)18-8-6-7-9-20(18)28-24-12-13-25-28;1-3-29-21(28)19-12-17(24-30-19)15-9-8-14(2)25(13-15)20(27)16-6-4-5-7-18(16)26-22-10-11-23-26;1-12-6-7-13(10-19-23)11-20(12)16(22)14-4-2-3-5-15(14)21-17-8-9-18-21;1-12-6-7-13(11-21)10-19(12)16(22)14-4-2-3-5-15(14)20-17-8-9-18-20;1-3-5(6)7-4-2;1-2;2-1-4-3;;;;;1-2;;;/h6-9,12-14,16-17,30H,4-5,10-11,15H2,1-3H3;4-7,10-12,14-15H,3,8-9,13H2,1-2H3;2-5,8-10,12-13,23H,6-7,11H2,1H3;2-5,8-9,11-13H,6-7,10H2,1H3;1H,4H2,2H3;1H2,2H3;1,3H;1H4;2*1H;;2H,1H2;;;/q;;;;;-1;;;;;+2;;2*+1;-1/p-2/b;;19-10+;;;;;;;;;;;;/t16-,17-;14-,15-;12-,13+;12-,13-;;;;;;;;;;;/m1111.........../s1. The van der Waals surface area contributed by atoms with Crippen LogP contribution in [0.15, 0.2) is 173 Å². The van der Waals surface area contributed by atoms with Crippen LogP contribution in [0, 0.1) is 31.1 Å². The minimum Gasteiger partial charge on any atom is -1.00 e. The van der Waals surface area contributed by atoms with Gasteiger partial charge in [0.15, 0.2) is 5.76 Å². The number of rotatable bonds is 19. The Morgan fingerprint density at radius 1 is 0.543 bits per heavy atom. The Morgan fingerprint density at radius 2 is 0.850 bits per heavy atom. The van der Waals surface area contributed by atoms with Crippen LogP contribution in [-0.4, -0.2) is 247 Å². The number of nitrogens with zero attached hydrogens (tertiary/aromatic N) is 19. The smallest absolute Gasteiger partial charge is 1.00 e. The molecule has 4 aliphatic rings. The summed E-state index contributed by atoms with van der Waals surface area (Å²) in [5.74, 6) is 4.53. The maximum atomic E-state index is 13.5. The van der Waals surface area contributed by atoms with Crippen LogP contribution in [0.5, 0.6) is 0 Å². The Hall–Kier alpha value is -9.77. The van der Waals surface area contributed by atoms with E-state index < -0.39 is 17.5 Å². The molecule has 5 N–H and O–H groups in total. The number of aromatic nitrogens is 14. The van der Waals surface area contributed by atoms with Crippen molar-refractivity contribution >= 4 is 90.0 Å². The van der Waals surface area contributed by atoms with Crippen LogP contribution in [0.3, 0.4) is 0 Å². The molecule has 4 saturated heterocycles. The fourth-order valence-corrected chi connectivity index (χ4v) is 14.0. The molecule has 6 aromatic heterocycles. The molecule has 10 aromatic rings. The summed E-state index contributed by atoms with van der Waals surface area (Å²) in [7, 11) is 0. The number of likely N-dealkylation sites (tertiary alicyclic amines) is 4. The number of hydrogen-bond acceptors (Lipinski definition) is 29. The van der Waals surface area contributed by atoms with Crippen LogP contribution in [0.25, 0.3) is 22.7 Å². The third kappa shape index (κ3) is 31.8. The van der Waals surface area contributed by atoms with Gasteiger partial charge in [-0.25, -0.2) is 15.5 Å². The van der Waals surface area contributed by atoms with Crippen LogP contribution in [0.2, 0.25) is 0 Å². The Bertz CT molecular complexity index is 4960. The molecule has 0 saturated carbocycles. The van der Waals surface area contributed by atoms with Crippen LogP contribution in [0.4, 0.5) is 0 Å². The van der Waals surface area contributed by atoms with Crippen molar-refractivity contribution in [1.29, 1.82) is 0 Å². The van der Waals surface area contributed by atoms with Crippen LogP contribution >= 0.6 is 12.4 Å². The molecule has 4 amide bonds. The predicted octanol–water partition coefficient (Wildman–Crippen LogP) is 0.780. The second-order valence-electron chi connectivity index (χ2n) is 27.9. The first-order valence-electron chi connectivity index (χ1n) is 39.5. The average Bonchev–Trinajstić information content (AvgIpc) is 1.45. The Kier molecular flexibility index (Phi) is 54.5. The van der Waals surface area contributed by atoms with E-state index in [0.29, 0.717) is 102 Å². The topological polar surface area (TPSA) is 474 Å². The number of terminal acetylenes is 1. The predicted molar refractivity (Wildman–Crippen MR) is 457 cm³/mol. The van der Waals surface area contributed by atoms with E-state index in [2.05, 4.69) is 92.1 Å². The number of esters is 2. The van der Waals surface area contributed by atoms with Gasteiger partial charge in [0, 0.05) is 98.3 Å². The monoisotopic (exact) mass is 1870 g/mol. The number of benzene rings is 4. The van der Waals surface area contributed by atoms with Gasteiger partial charge in [-0.15, -0.1) is 24.0 Å². The fourth-order valence-electron chi connectivity index (χ4n) is 14.0. The van der Waals surface area contributed by atoms with Crippen molar-refractivity contribution in [2.45, 2.75) is 176 Å². The number of aliphatic hydroxyl groups is 1. The average molecular weight is 1870 g/mol. The first kappa shape index (κ1) is 115. The molecule has 14 rings (SSSR count). The zero-order chi connectivity index (χ0) is 88.0. The molecule has 0 spiro atoms. The number of ether oxygens (including phenoxy) is 2. The van der Waals surface area contributed by atoms with Crippen molar-refractivity contribution in [3.63, 3.8) is 0 Å². The molecule has 8 atom stereocenters. The summed E-state index contributed by atoms with van der Waals surface area (Å²) in [6.45, 7) is 23.0. The van der Waals surface area contributed by atoms with E-state index in [0.717, 1.165) is 63.3 Å². The number of oxime groups is 1. The van der Waals surface area contributed by atoms with E-state index in [4.69, 9.17) is 34.2 Å². The van der Waals surface area contributed by atoms with E-state index in [1.54, 1.807) is 105 Å². The van der Waals surface area contributed by atoms with Gasteiger partial charge >= 0.3 is 94.1 Å². The van der Waals surface area contributed by atoms with Crippen LogP contribution in [-0.2, 0) is 34.3 Å². The fraction of sp³-hybridized carbons (Fsp3) is 0.412. The molecule has 127 heavy (non-hydrogen) atoms. The minimum absolute atomic E-state index is 0. The van der Waals surface area contributed by atoms with Crippen molar-refractivity contribution in [2.24, 2.45) is 22.9 Å². The minimum atomic E-state index is -1.00. The number of halogens is 2. The van der Waals surface area contributed by atoms with Crippen molar-refractivity contribution in [3.05, 3.63) is 211 Å². The molecule has 10 heterocycles. The Morgan fingerprint density at radius 3 is 1.16 bits per heavy atom. The van der Waals surface area contributed by atoms with Crippen molar-refractivity contribution < 1.29 is 160 Å². The molecule has 670 valence electrons. The summed E-state index contributed by atoms with van der Waals surface area (Å²) in [6.07, 6.45) is 27.8. The zero-order valence-electron chi connectivity index (χ0n) is 73.6. The molecule has 0 unspecified atom stereocenters. The number of amides is 4. The molecule has 4 aromatic carbocycles. The third-order valence-corrected chi connectivity index (χ3v) is 20.6. The second kappa shape index (κ2) is 60.1. The summed E-state index contributed by atoms with van der Waals surface area (Å²) in [5, 5.41) is 79.0. The molecule has 0 radical (unpaired) electrons. The maximum absolute atomic E-state index is 13.5. The second-order valence-corrected chi connectivity index (χ2v) is 27.9. The number of nitrogens with two attached hydrogens (primary N) is 1. The number of hydrogen-bond donors (Lipinski definition) is 4. The van der Waals surface area contributed by atoms with E-state index in [1.165, 1.54) is 25.4 Å². The Balaban J connectivity index is 0.00000158. The summed E-state index contributed by atoms with van der Waals surface area (Å²) < 4.78 is 20.0. The van der Waals surface area contributed by atoms with Crippen molar-refractivity contribution in [3.8, 4) is 35.1 Å². The molecule has 4 fully saturated rings. The molecule has 0 aliphatic carbocycles. The molecule has 4 aliphatic heterocycles. The van der Waals surface area contributed by atoms with E-state index >= 15 is 0 Å². The number of piperidine rings is 4. The van der Waals surface area contributed by atoms with Crippen molar-refractivity contribution in [1.82, 2.24) is 89.9 Å². The van der Waals surface area contributed by atoms with E-state index in [9.17, 15) is 38.7 Å². The SMILES string of the molecule is C.C#CC(=O)OCC.CCC(O)(CC)c1cc([C@@H]2CC[C@@H](C)N(C(=O)c3ccccc3-n3nccn3)C2)no1.CCOC(=O)c1cc([C@@H]2CC[C@@H](C)N(C(=O)c3ccccc3-n3nccn3)C2)no1.C[C@@H]1CC[C@@H](/C=N/O)CN1C(=O)c1ccccc1-n1nccn1.C[C@@H]1CC[C@@H](C=O)CN1C(=O)c1ccccc1-n1nccn1.Cl.NO.O=CO[O-].[Br-].[CH2-]C.[H-].[Mg+2].[Na+].[Na+]. The van der Waals surface area contributed by atoms with E-state index in [-0.39, 0.29) is 211 Å². The first-order valence-corrected chi connectivity index (χ1v) is 39.5. The summed E-state index contributed by atoms with van der Waals surface area (Å²) >= 11 is 0. The van der Waals surface area contributed by atoms with Gasteiger partial charge in [-0.3, -0.25) is 24.0 Å². The normalized spacial score (nSPS) is 17.6. The summed E-state index contributed by atoms with van der Waals surface area (Å²) in [6, 6.07) is 33.2. The number of carbonyl (C=O) groups is 8. The third-order valence-electron chi connectivity index (χ3n) is 20.6. The zero-order valence-corrected chi connectivity index (χ0v) is 80.4. The van der Waals surface area contributed by atoms with Gasteiger partial charge in [0.1, 0.15) is 11.9 Å². The van der Waals surface area contributed by atoms with Gasteiger partial charge in [0.2, 0.25) is 5.76 Å². The van der Waals surface area contributed by atoms with Gasteiger partial charge in [0.25, 0.3) is 30.1 Å². The molecule has 0 bridgehead atoms. The van der Waals surface area contributed by atoms with Gasteiger partial charge in [-0.05, 0) is 154 Å². The van der Waals surface area contributed by atoms with Gasteiger partial charge < -0.3 is 93.9 Å². The molecular weight excluding hydrogens is 1760 g/mol. The van der Waals surface area contributed by atoms with Gasteiger partial charge in [-0.2, -0.15) is 66.9 Å². The van der Waals surface area contributed by atoms with Gasteiger partial charge in [0.05, 0.1) is 119 Å². The van der Waals surface area contributed by atoms with Gasteiger partial charge in [-0.1, -0.05) is 80.1 Å². The summed E-state index contributed by atoms with van der Waals surface area (Å²) in [4.78, 5) is 110. The largest absolute Gasteiger partial charge is 2.00 e.